The van der Waals surface area contributed by atoms with Gasteiger partial charge in [0.15, 0.2) is 5.96 Å². The summed E-state index contributed by atoms with van der Waals surface area (Å²) < 4.78 is 34.7. The summed E-state index contributed by atoms with van der Waals surface area (Å²) in [6.07, 6.45) is 3.59. The lowest BCUT2D eigenvalue weighted by Crippen LogP contribution is -2.36. The molecule has 1 aromatic carbocycles. The summed E-state index contributed by atoms with van der Waals surface area (Å²) in [4.78, 5) is 4.45. The minimum atomic E-state index is -3.53. The SMILES string of the molecule is CN=C(NCc1ccc(S(=O)(=O)NCC2CCCO2)cc1)NCc1ccnn1C. The van der Waals surface area contributed by atoms with Gasteiger partial charge in [-0.2, -0.15) is 5.10 Å². The number of hydrogen-bond acceptors (Lipinski definition) is 5. The first-order valence-electron chi connectivity index (χ1n) is 9.59. The fourth-order valence-corrected chi connectivity index (χ4v) is 4.10. The van der Waals surface area contributed by atoms with Crippen molar-refractivity contribution in [2.75, 3.05) is 20.2 Å². The van der Waals surface area contributed by atoms with Gasteiger partial charge in [0.05, 0.1) is 23.2 Å². The molecule has 2 heterocycles. The van der Waals surface area contributed by atoms with Gasteiger partial charge in [0, 0.05) is 40.0 Å². The number of benzene rings is 1. The van der Waals surface area contributed by atoms with Crippen molar-refractivity contribution < 1.29 is 13.2 Å². The number of sulfonamides is 1. The summed E-state index contributed by atoms with van der Waals surface area (Å²) in [6, 6.07) is 8.75. The maximum Gasteiger partial charge on any atom is 0.240 e. The lowest BCUT2D eigenvalue weighted by Gasteiger charge is -2.13. The van der Waals surface area contributed by atoms with Crippen molar-refractivity contribution >= 4 is 16.0 Å². The molecule has 1 aliphatic heterocycles. The number of aryl methyl sites for hydroxylation is 1. The largest absolute Gasteiger partial charge is 0.377 e. The highest BCUT2D eigenvalue weighted by Gasteiger charge is 2.20. The zero-order valence-electron chi connectivity index (χ0n) is 16.8. The van der Waals surface area contributed by atoms with Crippen LogP contribution in [0.25, 0.3) is 0 Å². The van der Waals surface area contributed by atoms with E-state index < -0.39 is 10.0 Å². The second kappa shape index (κ2) is 9.86. The van der Waals surface area contributed by atoms with E-state index in [0.717, 1.165) is 24.1 Å². The van der Waals surface area contributed by atoms with Gasteiger partial charge < -0.3 is 15.4 Å². The smallest absolute Gasteiger partial charge is 0.240 e. The first kappa shape index (κ1) is 21.3. The van der Waals surface area contributed by atoms with Gasteiger partial charge in [-0.15, -0.1) is 0 Å². The molecule has 1 aliphatic rings. The van der Waals surface area contributed by atoms with Gasteiger partial charge in [0.25, 0.3) is 0 Å². The number of aromatic nitrogens is 2. The molecular formula is C19H28N6O3S. The van der Waals surface area contributed by atoms with E-state index in [-0.39, 0.29) is 11.0 Å². The Hall–Kier alpha value is -2.43. The van der Waals surface area contributed by atoms with Crippen molar-refractivity contribution in [3.63, 3.8) is 0 Å². The minimum Gasteiger partial charge on any atom is -0.377 e. The Morgan fingerprint density at radius 3 is 2.62 bits per heavy atom. The lowest BCUT2D eigenvalue weighted by molar-refractivity contribution is 0.114. The van der Waals surface area contributed by atoms with Crippen LogP contribution >= 0.6 is 0 Å². The molecule has 0 saturated carbocycles. The molecule has 158 valence electrons. The summed E-state index contributed by atoms with van der Waals surface area (Å²) in [5.41, 5.74) is 1.99. The quantitative estimate of drug-likeness (QED) is 0.429. The third-order valence-corrected chi connectivity index (χ3v) is 6.24. The van der Waals surface area contributed by atoms with Crippen molar-refractivity contribution in [3.05, 3.63) is 47.8 Å². The molecule has 0 aliphatic carbocycles. The van der Waals surface area contributed by atoms with Gasteiger partial charge in [-0.05, 0) is 36.6 Å². The predicted molar refractivity (Wildman–Crippen MR) is 111 cm³/mol. The van der Waals surface area contributed by atoms with Crippen LogP contribution in [0.5, 0.6) is 0 Å². The molecular weight excluding hydrogens is 392 g/mol. The summed E-state index contributed by atoms with van der Waals surface area (Å²) in [5.74, 6) is 0.654. The Bertz CT molecular complexity index is 918. The average molecular weight is 421 g/mol. The molecule has 3 rings (SSSR count). The molecule has 1 fully saturated rings. The maximum absolute atomic E-state index is 12.4. The molecule has 3 N–H and O–H groups in total. The third kappa shape index (κ3) is 6.02. The molecule has 0 spiro atoms. The summed E-state index contributed by atoms with van der Waals surface area (Å²) in [7, 11) is 0.0567. The van der Waals surface area contributed by atoms with E-state index in [2.05, 4.69) is 25.4 Å². The molecule has 1 unspecified atom stereocenters. The minimum absolute atomic E-state index is 0.0288. The van der Waals surface area contributed by atoms with Crippen LogP contribution < -0.4 is 15.4 Å². The van der Waals surface area contributed by atoms with Crippen LogP contribution in [0.15, 0.2) is 46.4 Å². The highest BCUT2D eigenvalue weighted by molar-refractivity contribution is 7.89. The standard InChI is InChI=1S/C19H28N6O3S/c1-20-19(22-13-16-9-10-23-25(16)2)21-12-15-5-7-18(8-6-15)29(26,27)24-14-17-4-3-11-28-17/h5-10,17,24H,3-4,11-14H2,1-2H3,(H2,20,21,22). The number of ether oxygens (including phenoxy) is 1. The highest BCUT2D eigenvalue weighted by Crippen LogP contribution is 2.14. The van der Waals surface area contributed by atoms with Gasteiger partial charge in [0.2, 0.25) is 10.0 Å². The number of rotatable bonds is 8. The molecule has 0 bridgehead atoms. The maximum atomic E-state index is 12.4. The number of nitrogens with one attached hydrogen (secondary N) is 3. The topological polar surface area (TPSA) is 110 Å². The molecule has 0 amide bonds. The number of aliphatic imine (C=N–C) groups is 1. The first-order chi connectivity index (χ1) is 14.0. The van der Waals surface area contributed by atoms with Gasteiger partial charge >= 0.3 is 0 Å². The van der Waals surface area contributed by atoms with E-state index in [0.29, 0.717) is 32.2 Å². The number of nitrogens with zero attached hydrogens (tertiary/aromatic N) is 3. The zero-order valence-corrected chi connectivity index (χ0v) is 17.6. The highest BCUT2D eigenvalue weighted by atomic mass is 32.2. The van der Waals surface area contributed by atoms with Gasteiger partial charge in [0.1, 0.15) is 0 Å². The van der Waals surface area contributed by atoms with E-state index in [1.54, 1.807) is 42.2 Å². The second-order valence-corrected chi connectivity index (χ2v) is 8.62. The average Bonchev–Trinajstić information content (AvgIpc) is 3.39. The summed E-state index contributed by atoms with van der Waals surface area (Å²) >= 11 is 0. The van der Waals surface area contributed by atoms with Crippen molar-refractivity contribution in [1.82, 2.24) is 25.1 Å². The number of hydrogen-bond donors (Lipinski definition) is 3. The summed E-state index contributed by atoms with van der Waals surface area (Å²) in [5, 5.41) is 10.6. The summed E-state index contributed by atoms with van der Waals surface area (Å²) in [6.45, 7) is 2.14. The molecule has 1 aromatic heterocycles. The number of guanidine groups is 1. The molecule has 0 radical (unpaired) electrons. The van der Waals surface area contributed by atoms with Crippen molar-refractivity contribution in [3.8, 4) is 0 Å². The molecule has 1 atom stereocenters. The Labute approximate surface area is 171 Å². The Morgan fingerprint density at radius 2 is 2.00 bits per heavy atom. The predicted octanol–water partition coefficient (Wildman–Crippen LogP) is 0.743. The van der Waals surface area contributed by atoms with Crippen molar-refractivity contribution in [2.45, 2.75) is 36.9 Å². The van der Waals surface area contributed by atoms with Crippen molar-refractivity contribution in [1.29, 1.82) is 0 Å². The van der Waals surface area contributed by atoms with Crippen LogP contribution in [0.3, 0.4) is 0 Å². The first-order valence-corrected chi connectivity index (χ1v) is 11.1. The van der Waals surface area contributed by atoms with Gasteiger partial charge in [-0.3, -0.25) is 9.67 Å². The normalized spacial score (nSPS) is 17.4. The second-order valence-electron chi connectivity index (χ2n) is 6.86. The van der Waals surface area contributed by atoms with E-state index in [4.69, 9.17) is 4.74 Å². The van der Waals surface area contributed by atoms with Crippen LogP contribution in [0.1, 0.15) is 24.1 Å². The third-order valence-electron chi connectivity index (χ3n) is 4.80. The molecule has 29 heavy (non-hydrogen) atoms. The van der Waals surface area contributed by atoms with E-state index in [1.165, 1.54) is 0 Å². The Morgan fingerprint density at radius 1 is 1.24 bits per heavy atom. The Kier molecular flexibility index (Phi) is 7.24. The monoisotopic (exact) mass is 420 g/mol. The lowest BCUT2D eigenvalue weighted by atomic mass is 10.2. The Balaban J connectivity index is 1.49. The van der Waals surface area contributed by atoms with E-state index in [1.807, 2.05) is 13.1 Å². The molecule has 10 heteroatoms. The molecule has 1 saturated heterocycles. The van der Waals surface area contributed by atoms with Crippen LogP contribution in [0.4, 0.5) is 0 Å². The van der Waals surface area contributed by atoms with Crippen LogP contribution in [-0.2, 0) is 34.9 Å². The van der Waals surface area contributed by atoms with Crippen LogP contribution in [-0.4, -0.2) is 50.5 Å². The zero-order chi connectivity index (χ0) is 20.7. The van der Waals surface area contributed by atoms with E-state index in [9.17, 15) is 8.42 Å². The van der Waals surface area contributed by atoms with Gasteiger partial charge in [-0.25, -0.2) is 13.1 Å². The van der Waals surface area contributed by atoms with Crippen molar-refractivity contribution in [2.24, 2.45) is 12.0 Å². The van der Waals surface area contributed by atoms with E-state index >= 15 is 0 Å². The van der Waals surface area contributed by atoms with Crippen LogP contribution in [0.2, 0.25) is 0 Å². The van der Waals surface area contributed by atoms with Gasteiger partial charge in [-0.1, -0.05) is 12.1 Å². The fourth-order valence-electron chi connectivity index (χ4n) is 3.03. The molecule has 9 nitrogen and oxygen atoms in total. The van der Waals surface area contributed by atoms with Crippen LogP contribution in [0, 0.1) is 0 Å². The molecule has 2 aromatic rings. The fraction of sp³-hybridized carbons (Fsp3) is 0.474.